The normalized spacial score (nSPS) is 17.4. The van der Waals surface area contributed by atoms with Crippen LogP contribution in [0.1, 0.15) is 67.2 Å². The highest BCUT2D eigenvalue weighted by molar-refractivity contribution is 6.00. The van der Waals surface area contributed by atoms with Crippen molar-refractivity contribution in [1.82, 2.24) is 20.9 Å². The van der Waals surface area contributed by atoms with Gasteiger partial charge in [-0.15, -0.1) is 0 Å². The Bertz CT molecular complexity index is 1670. The molecule has 0 aromatic heterocycles. The number of likely N-dealkylation sites (tertiary alicyclic amines) is 1. The lowest BCUT2D eigenvalue weighted by atomic mass is 10.00. The second kappa shape index (κ2) is 18.5. The monoisotopic (exact) mass is 712 g/mol. The van der Waals surface area contributed by atoms with Gasteiger partial charge in [0, 0.05) is 20.7 Å². The van der Waals surface area contributed by atoms with Crippen LogP contribution in [0.3, 0.4) is 0 Å². The van der Waals surface area contributed by atoms with Crippen LogP contribution in [-0.4, -0.2) is 87.4 Å². The topological polar surface area (TPSA) is 223 Å². The lowest BCUT2D eigenvalue weighted by molar-refractivity contribution is -0.150. The summed E-state index contributed by atoms with van der Waals surface area (Å²) in [5.41, 5.74) is 2.48. The molecule has 15 nitrogen and oxygen atoms in total. The molecule has 15 heteroatoms. The van der Waals surface area contributed by atoms with Crippen LogP contribution in [-0.2, 0) is 35.2 Å². The van der Waals surface area contributed by atoms with Gasteiger partial charge in [-0.2, -0.15) is 0 Å². The van der Waals surface area contributed by atoms with Gasteiger partial charge in [0.05, 0.1) is 12.8 Å². The Labute approximate surface area is 299 Å². The lowest BCUT2D eigenvalue weighted by Crippen LogP contribution is -2.59. The number of nitrogens with one attached hydrogen (secondary N) is 5. The third-order valence-corrected chi connectivity index (χ3v) is 8.24. The van der Waals surface area contributed by atoms with E-state index < -0.39 is 90.9 Å². The molecule has 7 N–H and O–H groups in total. The zero-order valence-electron chi connectivity index (χ0n) is 31.2. The molecule has 0 saturated carbocycles. The van der Waals surface area contributed by atoms with Crippen molar-refractivity contribution < 1.29 is 46.5 Å². The minimum Gasteiger partial charge on any atom is -0.481 e. The van der Waals surface area contributed by atoms with Crippen molar-refractivity contribution in [3.8, 4) is 0 Å². The molecule has 0 bridgehead atoms. The van der Waals surface area contributed by atoms with Gasteiger partial charge in [0.25, 0.3) is 0 Å². The van der Waals surface area contributed by atoms with Gasteiger partial charge in [-0.25, -0.2) is 9.59 Å². The Morgan fingerprint density at radius 2 is 1.57 bits per heavy atom. The van der Waals surface area contributed by atoms with Crippen molar-refractivity contribution in [2.24, 2.45) is 11.8 Å². The summed E-state index contributed by atoms with van der Waals surface area (Å²) in [6.07, 6.45) is -0.768. The number of hydrogen-bond donors (Lipinski definition) is 7. The first-order valence-corrected chi connectivity index (χ1v) is 16.6. The fourth-order valence-electron chi connectivity index (χ4n) is 5.58. The molecule has 6 amide bonds. The minimum absolute atomic E-state index is 0.167. The van der Waals surface area contributed by atoms with E-state index in [0.717, 1.165) is 10.5 Å². The first-order chi connectivity index (χ1) is 24.9. The van der Waals surface area contributed by atoms with Crippen molar-refractivity contribution in [2.45, 2.75) is 90.9 Å². The van der Waals surface area contributed by atoms with Gasteiger partial charge in [-0.1, -0.05) is 58.0 Å². The molecule has 51 heavy (non-hydrogen) atoms. The molecule has 1 heterocycles. The number of nitrogens with zero attached hydrogens (tertiary/aromatic N) is 1. The van der Waals surface area contributed by atoms with Crippen molar-refractivity contribution in [3.63, 3.8) is 0 Å². The van der Waals surface area contributed by atoms with Crippen LogP contribution in [0.25, 0.3) is 0 Å². The number of carboxylic acids is 2. The van der Waals surface area contributed by atoms with E-state index >= 15 is 0 Å². The van der Waals surface area contributed by atoms with Crippen molar-refractivity contribution in [2.75, 3.05) is 17.2 Å². The van der Waals surface area contributed by atoms with E-state index in [1.807, 2.05) is 19.1 Å². The van der Waals surface area contributed by atoms with Gasteiger partial charge in [0.1, 0.15) is 24.2 Å². The third-order valence-electron chi connectivity index (χ3n) is 8.24. The average molecular weight is 713 g/mol. The maximum atomic E-state index is 13.6. The number of carboxylic acid groups (broad SMARTS) is 2. The summed E-state index contributed by atoms with van der Waals surface area (Å²) in [4.78, 5) is 90.6. The Morgan fingerprint density at radius 1 is 0.902 bits per heavy atom. The molecular formula is C36H48N6O9. The van der Waals surface area contributed by atoms with Gasteiger partial charge in [-0.3, -0.25) is 24.0 Å². The fourth-order valence-corrected chi connectivity index (χ4v) is 5.58. The van der Waals surface area contributed by atoms with Crippen LogP contribution in [0.2, 0.25) is 0 Å². The number of hydrogen-bond acceptors (Lipinski definition) is 7. The smallest absolute Gasteiger partial charge is 0.326 e. The molecule has 1 aliphatic rings. The molecule has 0 radical (unpaired) electrons. The first kappa shape index (κ1) is 36.8. The van der Waals surface area contributed by atoms with E-state index in [2.05, 4.69) is 26.6 Å². The number of benzene rings is 2. The Hall–Kier alpha value is -5.47. The van der Waals surface area contributed by atoms with E-state index in [-0.39, 0.29) is 25.8 Å². The number of aliphatic carboxylic acids is 2. The van der Waals surface area contributed by atoms with Crippen LogP contribution in [0.5, 0.6) is 0 Å². The zero-order chi connectivity index (χ0) is 39.5. The van der Waals surface area contributed by atoms with Crippen molar-refractivity contribution >= 4 is 53.0 Å². The number of urea groups is 1. The number of carbonyl (C=O) groups excluding carboxylic acids is 5. The largest absolute Gasteiger partial charge is 0.481 e. The third kappa shape index (κ3) is 12.1. The van der Waals surface area contributed by atoms with Gasteiger partial charge in [0.2, 0.25) is 23.6 Å². The first-order valence-electron chi connectivity index (χ1n) is 17.8. The second-order valence-electron chi connectivity index (χ2n) is 13.0. The number of para-hydroxylation sites is 1. The lowest BCUT2D eigenvalue weighted by Gasteiger charge is -2.30. The summed E-state index contributed by atoms with van der Waals surface area (Å²) in [6, 6.07) is 7.70. The number of anilines is 2. The van der Waals surface area contributed by atoms with Crippen LogP contribution >= 0.6 is 0 Å². The molecule has 1 unspecified atom stereocenters. The summed E-state index contributed by atoms with van der Waals surface area (Å²) in [5, 5.41) is 31.9. The predicted octanol–water partition coefficient (Wildman–Crippen LogP) is 2.89. The number of amides is 6. The summed E-state index contributed by atoms with van der Waals surface area (Å²) in [7, 11) is 0. The summed E-state index contributed by atoms with van der Waals surface area (Å²) >= 11 is 0. The van der Waals surface area contributed by atoms with Crippen molar-refractivity contribution in [1.29, 1.82) is 0 Å². The SMILES string of the molecule is [3H]CC([3H])(C)C[C@H](NC(=O)Cc1ccc(NC(=O)Nc2ccccc2C)cc1)C(=O)N[C@@H](CC(=O)O)C(=O)N[C@H](C(=O)N1CCC[C@H]1C(=O)O)C(C)C. The standard InChI is InChI=1S/C36H48N6O9/c1-20(2)17-26(38-29(43)18-23-12-14-24(15-13-23)37-36(51)40-25-10-7-6-9-22(25)5)32(46)39-27(19-30(44)45)33(47)41-31(21(3)4)34(48)42-16-8-11-28(42)35(49)50/h6-7,9-10,12-15,20-21,26-28,31H,8,11,16-19H2,1-5H3,(H,38,43)(H,39,46)(H,41,47)(H,44,45)(H,49,50)(H2,37,40,51)/t26-,27-,28-,31-/m0/s1/i1T,20T/t20?,26-,27-,28-,31-. The van der Waals surface area contributed by atoms with Gasteiger partial charge in [-0.05, 0) is 67.3 Å². The van der Waals surface area contributed by atoms with Crippen LogP contribution < -0.4 is 26.6 Å². The summed E-state index contributed by atoms with van der Waals surface area (Å²) in [6.45, 7) is 6.21. The van der Waals surface area contributed by atoms with Crippen LogP contribution in [0.4, 0.5) is 16.2 Å². The molecule has 3 rings (SSSR count). The Kier molecular flexibility index (Phi) is 13.4. The molecule has 2 aromatic rings. The second-order valence-corrected chi connectivity index (χ2v) is 13.0. The molecule has 276 valence electrons. The van der Waals surface area contributed by atoms with Crippen LogP contribution in [0.15, 0.2) is 48.5 Å². The molecule has 2 aromatic carbocycles. The number of aryl methyl sites for hydroxylation is 1. The molecule has 1 saturated heterocycles. The predicted molar refractivity (Wildman–Crippen MR) is 189 cm³/mol. The van der Waals surface area contributed by atoms with Gasteiger partial charge in [0.15, 0.2) is 0 Å². The zero-order valence-corrected chi connectivity index (χ0v) is 29.2. The molecular weight excluding hydrogens is 660 g/mol. The van der Waals surface area contributed by atoms with Gasteiger partial charge >= 0.3 is 18.0 Å². The molecule has 1 aliphatic heterocycles. The van der Waals surface area contributed by atoms with E-state index in [4.69, 9.17) is 2.74 Å². The van der Waals surface area contributed by atoms with Gasteiger partial charge < -0.3 is 41.7 Å². The molecule has 5 atom stereocenters. The van der Waals surface area contributed by atoms with E-state index in [9.17, 15) is 43.8 Å². The molecule has 0 aliphatic carbocycles. The quantitative estimate of drug-likeness (QED) is 0.136. The number of rotatable bonds is 16. The Morgan fingerprint density at radius 3 is 2.18 bits per heavy atom. The van der Waals surface area contributed by atoms with E-state index in [0.29, 0.717) is 23.4 Å². The minimum atomic E-state index is -1.71. The molecule has 1 fully saturated rings. The van der Waals surface area contributed by atoms with E-state index in [1.165, 1.54) is 6.92 Å². The Balaban J connectivity index is 1.70. The highest BCUT2D eigenvalue weighted by Gasteiger charge is 2.40. The average Bonchev–Trinajstić information content (AvgIpc) is 3.58. The molecule has 0 spiro atoms. The fraction of sp³-hybridized carbons (Fsp3) is 0.472. The maximum Gasteiger partial charge on any atom is 0.326 e. The van der Waals surface area contributed by atoms with E-state index in [1.54, 1.807) is 50.2 Å². The summed E-state index contributed by atoms with van der Waals surface area (Å²) in [5.74, 6) is -7.98. The highest BCUT2D eigenvalue weighted by Crippen LogP contribution is 2.21. The summed E-state index contributed by atoms with van der Waals surface area (Å²) < 4.78 is 16.1. The maximum absolute atomic E-state index is 13.6. The number of carbonyl (C=O) groups is 7. The van der Waals surface area contributed by atoms with Crippen molar-refractivity contribution in [3.05, 3.63) is 59.7 Å². The highest BCUT2D eigenvalue weighted by atomic mass is 16.4. The van der Waals surface area contributed by atoms with Crippen LogP contribution in [0, 0.1) is 18.7 Å².